The number of likely N-dealkylation sites (tertiary alicyclic amines) is 1. The third kappa shape index (κ3) is 3.67. The molecule has 1 heterocycles. The molecule has 1 aliphatic carbocycles. The highest BCUT2D eigenvalue weighted by Crippen LogP contribution is 2.36. The molecule has 2 aliphatic rings. The Morgan fingerprint density at radius 1 is 1.24 bits per heavy atom. The molecule has 0 aromatic rings. The van der Waals surface area contributed by atoms with Crippen molar-refractivity contribution >= 4 is 0 Å². The van der Waals surface area contributed by atoms with E-state index in [9.17, 15) is 5.11 Å². The second-order valence-electron chi connectivity index (χ2n) is 6.24. The number of piperidine rings is 1. The van der Waals surface area contributed by atoms with E-state index in [1.165, 1.54) is 51.6 Å². The summed E-state index contributed by atoms with van der Waals surface area (Å²) in [5.74, 6) is 0.850. The summed E-state index contributed by atoms with van der Waals surface area (Å²) in [5, 5.41) is 13.2. The molecule has 0 spiro atoms. The van der Waals surface area contributed by atoms with Crippen LogP contribution in [0.2, 0.25) is 0 Å². The molecule has 3 heteroatoms. The molecule has 100 valence electrons. The summed E-state index contributed by atoms with van der Waals surface area (Å²) >= 11 is 0. The Kier molecular flexibility index (Phi) is 4.83. The minimum absolute atomic E-state index is 0.214. The number of hydrogen-bond acceptors (Lipinski definition) is 3. The Bertz CT molecular complexity index is 218. The molecule has 0 unspecified atom stereocenters. The quantitative estimate of drug-likeness (QED) is 0.764. The standard InChI is InChI=1S/C14H28N2O/c1-16-8-4-13(5-9-16)10-15-11-14(12-17)6-2-3-7-14/h13,15,17H,2-12H2,1H3. The zero-order chi connectivity index (χ0) is 12.1. The monoisotopic (exact) mass is 240 g/mol. The van der Waals surface area contributed by atoms with Gasteiger partial charge < -0.3 is 15.3 Å². The largest absolute Gasteiger partial charge is 0.396 e. The normalized spacial score (nSPS) is 26.5. The van der Waals surface area contributed by atoms with Crippen LogP contribution in [-0.2, 0) is 0 Å². The van der Waals surface area contributed by atoms with Crippen LogP contribution in [0.25, 0.3) is 0 Å². The second kappa shape index (κ2) is 6.17. The number of aliphatic hydroxyl groups is 1. The van der Waals surface area contributed by atoms with Crippen molar-refractivity contribution < 1.29 is 5.11 Å². The van der Waals surface area contributed by atoms with Crippen molar-refractivity contribution in [2.24, 2.45) is 11.3 Å². The highest BCUT2D eigenvalue weighted by Gasteiger charge is 2.32. The van der Waals surface area contributed by atoms with Crippen molar-refractivity contribution in [1.29, 1.82) is 0 Å². The van der Waals surface area contributed by atoms with Crippen molar-refractivity contribution in [3.05, 3.63) is 0 Å². The molecule has 1 aliphatic heterocycles. The lowest BCUT2D eigenvalue weighted by molar-refractivity contribution is 0.124. The Labute approximate surface area is 106 Å². The smallest absolute Gasteiger partial charge is 0.0499 e. The predicted molar refractivity (Wildman–Crippen MR) is 71.1 cm³/mol. The minimum Gasteiger partial charge on any atom is -0.396 e. The van der Waals surface area contributed by atoms with Gasteiger partial charge in [0.25, 0.3) is 0 Å². The fourth-order valence-electron chi connectivity index (χ4n) is 3.32. The van der Waals surface area contributed by atoms with Gasteiger partial charge >= 0.3 is 0 Å². The molecule has 0 aromatic heterocycles. The van der Waals surface area contributed by atoms with Crippen molar-refractivity contribution in [1.82, 2.24) is 10.2 Å². The van der Waals surface area contributed by atoms with Gasteiger partial charge in [0.15, 0.2) is 0 Å². The average Bonchev–Trinajstić information content (AvgIpc) is 2.81. The Morgan fingerprint density at radius 2 is 1.88 bits per heavy atom. The lowest BCUT2D eigenvalue weighted by atomic mass is 9.87. The molecule has 2 N–H and O–H groups in total. The highest BCUT2D eigenvalue weighted by molar-refractivity contribution is 4.86. The number of nitrogens with zero attached hydrogens (tertiary/aromatic N) is 1. The first-order chi connectivity index (χ1) is 8.24. The van der Waals surface area contributed by atoms with Crippen LogP contribution in [0.3, 0.4) is 0 Å². The zero-order valence-electron chi connectivity index (χ0n) is 11.2. The first-order valence-electron chi connectivity index (χ1n) is 7.24. The molecule has 2 fully saturated rings. The van der Waals surface area contributed by atoms with Gasteiger partial charge in [0.1, 0.15) is 0 Å². The molecule has 2 rings (SSSR count). The van der Waals surface area contributed by atoms with E-state index < -0.39 is 0 Å². The van der Waals surface area contributed by atoms with Gasteiger partial charge in [-0.3, -0.25) is 0 Å². The topological polar surface area (TPSA) is 35.5 Å². The minimum atomic E-state index is 0.214. The van der Waals surface area contributed by atoms with E-state index in [0.29, 0.717) is 6.61 Å². The molecule has 0 atom stereocenters. The third-order valence-corrected chi connectivity index (χ3v) is 4.77. The van der Waals surface area contributed by atoms with Crippen molar-refractivity contribution in [3.8, 4) is 0 Å². The molecular formula is C14H28N2O. The van der Waals surface area contributed by atoms with Crippen LogP contribution in [0, 0.1) is 11.3 Å². The van der Waals surface area contributed by atoms with E-state index in [1.807, 2.05) is 0 Å². The summed E-state index contributed by atoms with van der Waals surface area (Å²) in [4.78, 5) is 2.42. The van der Waals surface area contributed by atoms with Gasteiger partial charge in [-0.1, -0.05) is 12.8 Å². The van der Waals surface area contributed by atoms with Gasteiger partial charge in [0.05, 0.1) is 0 Å². The zero-order valence-corrected chi connectivity index (χ0v) is 11.2. The molecular weight excluding hydrogens is 212 g/mol. The first kappa shape index (κ1) is 13.3. The summed E-state index contributed by atoms with van der Waals surface area (Å²) in [6, 6.07) is 0. The van der Waals surface area contributed by atoms with E-state index in [1.54, 1.807) is 0 Å². The van der Waals surface area contributed by atoms with Crippen LogP contribution in [0.15, 0.2) is 0 Å². The maximum Gasteiger partial charge on any atom is 0.0499 e. The Morgan fingerprint density at radius 3 is 2.47 bits per heavy atom. The molecule has 1 saturated heterocycles. The number of nitrogens with one attached hydrogen (secondary N) is 1. The summed E-state index contributed by atoms with van der Waals surface area (Å²) in [7, 11) is 2.21. The van der Waals surface area contributed by atoms with Crippen LogP contribution in [0.4, 0.5) is 0 Å². The van der Waals surface area contributed by atoms with Gasteiger partial charge in [-0.25, -0.2) is 0 Å². The van der Waals surface area contributed by atoms with Gasteiger partial charge in [-0.05, 0) is 58.3 Å². The van der Waals surface area contributed by atoms with Crippen LogP contribution < -0.4 is 5.32 Å². The number of hydrogen-bond donors (Lipinski definition) is 2. The molecule has 17 heavy (non-hydrogen) atoms. The predicted octanol–water partition coefficient (Wildman–Crippen LogP) is 1.47. The summed E-state index contributed by atoms with van der Waals surface area (Å²) < 4.78 is 0. The van der Waals surface area contributed by atoms with E-state index >= 15 is 0 Å². The maximum absolute atomic E-state index is 9.54. The van der Waals surface area contributed by atoms with Crippen LogP contribution >= 0.6 is 0 Å². The highest BCUT2D eigenvalue weighted by atomic mass is 16.3. The molecule has 3 nitrogen and oxygen atoms in total. The SMILES string of the molecule is CN1CCC(CNCC2(CO)CCCC2)CC1. The van der Waals surface area contributed by atoms with E-state index in [0.717, 1.165) is 19.0 Å². The molecule has 0 aromatic carbocycles. The van der Waals surface area contributed by atoms with E-state index in [2.05, 4.69) is 17.3 Å². The second-order valence-corrected chi connectivity index (χ2v) is 6.24. The molecule has 0 radical (unpaired) electrons. The fraction of sp³-hybridized carbons (Fsp3) is 1.00. The van der Waals surface area contributed by atoms with Crippen molar-refractivity contribution in [2.75, 3.05) is 39.8 Å². The number of rotatable bonds is 5. The van der Waals surface area contributed by atoms with Gasteiger partial charge in [0, 0.05) is 18.6 Å². The fourth-order valence-corrected chi connectivity index (χ4v) is 3.32. The Balaban J connectivity index is 1.65. The molecule has 0 amide bonds. The third-order valence-electron chi connectivity index (χ3n) is 4.77. The summed E-state index contributed by atoms with van der Waals surface area (Å²) in [5.41, 5.74) is 0.214. The van der Waals surface area contributed by atoms with Gasteiger partial charge in [-0.2, -0.15) is 0 Å². The van der Waals surface area contributed by atoms with Crippen molar-refractivity contribution in [3.63, 3.8) is 0 Å². The van der Waals surface area contributed by atoms with Crippen LogP contribution in [-0.4, -0.2) is 49.8 Å². The summed E-state index contributed by atoms with van der Waals surface area (Å²) in [6.07, 6.45) is 7.69. The summed E-state index contributed by atoms with van der Waals surface area (Å²) in [6.45, 7) is 5.04. The lowest BCUT2D eigenvalue weighted by Gasteiger charge is -2.31. The average molecular weight is 240 g/mol. The van der Waals surface area contributed by atoms with Crippen LogP contribution in [0.1, 0.15) is 38.5 Å². The maximum atomic E-state index is 9.54. The van der Waals surface area contributed by atoms with Crippen LogP contribution in [0.5, 0.6) is 0 Å². The van der Waals surface area contributed by atoms with E-state index in [4.69, 9.17) is 0 Å². The first-order valence-corrected chi connectivity index (χ1v) is 7.24. The van der Waals surface area contributed by atoms with E-state index in [-0.39, 0.29) is 5.41 Å². The molecule has 1 saturated carbocycles. The number of aliphatic hydroxyl groups excluding tert-OH is 1. The van der Waals surface area contributed by atoms with Gasteiger partial charge in [0.2, 0.25) is 0 Å². The van der Waals surface area contributed by atoms with Crippen molar-refractivity contribution in [2.45, 2.75) is 38.5 Å². The molecule has 0 bridgehead atoms. The van der Waals surface area contributed by atoms with Gasteiger partial charge in [-0.15, -0.1) is 0 Å². The Hall–Kier alpha value is -0.120. The lowest BCUT2D eigenvalue weighted by Crippen LogP contribution is -2.40.